The van der Waals surface area contributed by atoms with Crippen LogP contribution in [0.4, 0.5) is 5.82 Å². The lowest BCUT2D eigenvalue weighted by Crippen LogP contribution is -2.05. The van der Waals surface area contributed by atoms with Crippen molar-refractivity contribution in [2.75, 3.05) is 5.73 Å². The minimum absolute atomic E-state index is 0.471. The van der Waals surface area contributed by atoms with Crippen molar-refractivity contribution in [3.63, 3.8) is 0 Å². The van der Waals surface area contributed by atoms with Crippen molar-refractivity contribution in [1.29, 1.82) is 0 Å². The maximum atomic E-state index is 5.88. The van der Waals surface area contributed by atoms with E-state index in [2.05, 4.69) is 44.7 Å². The number of nitrogens with zero attached hydrogens (tertiary/aromatic N) is 3. The van der Waals surface area contributed by atoms with Gasteiger partial charge in [-0.2, -0.15) is 0 Å². The van der Waals surface area contributed by atoms with Crippen LogP contribution in [0.2, 0.25) is 0 Å². The van der Waals surface area contributed by atoms with Crippen LogP contribution in [0.15, 0.2) is 15.4 Å². The molecule has 17 heavy (non-hydrogen) atoms. The average Bonchev–Trinajstić information content (AvgIpc) is 2.77. The van der Waals surface area contributed by atoms with Crippen molar-refractivity contribution in [2.45, 2.75) is 20.3 Å². The lowest BCUT2D eigenvalue weighted by atomic mass is 10.1. The monoisotopic (exact) mass is 312 g/mol. The molecule has 2 rings (SSSR count). The van der Waals surface area contributed by atoms with E-state index >= 15 is 0 Å². The summed E-state index contributed by atoms with van der Waals surface area (Å²) in [6.45, 7) is 4.29. The van der Waals surface area contributed by atoms with Gasteiger partial charge in [0.2, 0.25) is 0 Å². The van der Waals surface area contributed by atoms with Crippen LogP contribution in [0.1, 0.15) is 19.5 Å². The zero-order valence-electron chi connectivity index (χ0n) is 9.64. The molecule has 6 heteroatoms. The molecule has 0 saturated carbocycles. The van der Waals surface area contributed by atoms with E-state index in [1.807, 2.05) is 5.38 Å². The van der Waals surface area contributed by atoms with Gasteiger partial charge in [0.25, 0.3) is 0 Å². The molecule has 0 bridgehead atoms. The smallest absolute Gasteiger partial charge is 0.181 e. The van der Waals surface area contributed by atoms with Gasteiger partial charge in [-0.05, 0) is 28.3 Å². The second-order valence-corrected chi connectivity index (χ2v) is 5.68. The molecular weight excluding hydrogens is 300 g/mol. The largest absolute Gasteiger partial charge is 0.383 e. The normalized spacial score (nSPS) is 11.1. The molecule has 2 heterocycles. The summed E-state index contributed by atoms with van der Waals surface area (Å²) in [6, 6.07) is 0. The van der Waals surface area contributed by atoms with Crippen LogP contribution in [0, 0.1) is 5.92 Å². The number of anilines is 1. The Hall–Kier alpha value is -1.01. The molecular formula is C11H13BrN4S. The maximum Gasteiger partial charge on any atom is 0.181 e. The number of hydrogen-bond donors (Lipinski definition) is 1. The van der Waals surface area contributed by atoms with Gasteiger partial charge < -0.3 is 5.73 Å². The Morgan fingerprint density at radius 2 is 2.18 bits per heavy atom. The van der Waals surface area contributed by atoms with Gasteiger partial charge in [0, 0.05) is 5.38 Å². The van der Waals surface area contributed by atoms with E-state index in [1.54, 1.807) is 5.51 Å². The summed E-state index contributed by atoms with van der Waals surface area (Å²) in [5.74, 6) is 1.59. The highest BCUT2D eigenvalue weighted by Crippen LogP contribution is 2.26. The molecule has 0 unspecified atom stereocenters. The SMILES string of the molecule is CC(C)Cc1nc(-c2cscn2)nc(N)c1Br. The molecule has 0 fully saturated rings. The van der Waals surface area contributed by atoms with Gasteiger partial charge in [-0.1, -0.05) is 13.8 Å². The summed E-state index contributed by atoms with van der Waals surface area (Å²) >= 11 is 4.96. The number of aromatic nitrogens is 3. The summed E-state index contributed by atoms with van der Waals surface area (Å²) in [6.07, 6.45) is 0.866. The summed E-state index contributed by atoms with van der Waals surface area (Å²) < 4.78 is 0.796. The van der Waals surface area contributed by atoms with Gasteiger partial charge >= 0.3 is 0 Å². The zero-order valence-corrected chi connectivity index (χ0v) is 12.0. The van der Waals surface area contributed by atoms with Crippen LogP contribution in [-0.2, 0) is 6.42 Å². The lowest BCUT2D eigenvalue weighted by Gasteiger charge is -2.09. The second kappa shape index (κ2) is 5.10. The summed E-state index contributed by atoms with van der Waals surface area (Å²) in [5.41, 5.74) is 9.36. The first-order valence-electron chi connectivity index (χ1n) is 5.28. The molecule has 0 radical (unpaired) electrons. The number of rotatable bonds is 3. The quantitative estimate of drug-likeness (QED) is 0.945. The van der Waals surface area contributed by atoms with E-state index in [1.165, 1.54) is 11.3 Å². The third-order valence-corrected chi connectivity index (χ3v) is 3.66. The molecule has 2 aromatic heterocycles. The van der Waals surface area contributed by atoms with E-state index in [4.69, 9.17) is 5.73 Å². The van der Waals surface area contributed by atoms with Crippen LogP contribution < -0.4 is 5.73 Å². The van der Waals surface area contributed by atoms with E-state index in [0.717, 1.165) is 22.3 Å². The van der Waals surface area contributed by atoms with Crippen LogP contribution in [-0.4, -0.2) is 15.0 Å². The molecule has 0 aromatic carbocycles. The molecule has 2 N–H and O–H groups in total. The van der Waals surface area contributed by atoms with Crippen molar-refractivity contribution >= 4 is 33.1 Å². The molecule has 0 amide bonds. The fraction of sp³-hybridized carbons (Fsp3) is 0.364. The Bertz CT molecular complexity index is 510. The van der Waals surface area contributed by atoms with Crippen molar-refractivity contribution in [3.05, 3.63) is 21.1 Å². The number of halogens is 1. The topological polar surface area (TPSA) is 64.7 Å². The van der Waals surface area contributed by atoms with Crippen LogP contribution >= 0.6 is 27.3 Å². The number of nitrogens with two attached hydrogens (primary N) is 1. The van der Waals surface area contributed by atoms with Crippen molar-refractivity contribution in [2.24, 2.45) is 5.92 Å². The van der Waals surface area contributed by atoms with E-state index in [9.17, 15) is 0 Å². The summed E-state index contributed by atoms with van der Waals surface area (Å²) in [4.78, 5) is 13.0. The molecule has 0 aliphatic carbocycles. The Balaban J connectivity index is 2.46. The lowest BCUT2D eigenvalue weighted by molar-refractivity contribution is 0.632. The molecule has 0 aliphatic rings. The number of thiazole rings is 1. The maximum absolute atomic E-state index is 5.88. The fourth-order valence-corrected chi connectivity index (χ4v) is 2.34. The number of nitrogen functional groups attached to an aromatic ring is 1. The molecule has 90 valence electrons. The molecule has 4 nitrogen and oxygen atoms in total. The molecule has 0 atom stereocenters. The third kappa shape index (κ3) is 2.81. The summed E-state index contributed by atoms with van der Waals surface area (Å²) in [5, 5.41) is 1.92. The van der Waals surface area contributed by atoms with Crippen LogP contribution in [0.5, 0.6) is 0 Å². The predicted molar refractivity (Wildman–Crippen MR) is 73.8 cm³/mol. The minimum Gasteiger partial charge on any atom is -0.383 e. The van der Waals surface area contributed by atoms with Crippen molar-refractivity contribution in [3.8, 4) is 11.5 Å². The van der Waals surface area contributed by atoms with Gasteiger partial charge in [0.15, 0.2) is 5.82 Å². The zero-order chi connectivity index (χ0) is 12.4. The van der Waals surface area contributed by atoms with Gasteiger partial charge in [-0.3, -0.25) is 0 Å². The van der Waals surface area contributed by atoms with Gasteiger partial charge in [-0.15, -0.1) is 11.3 Å². The first-order chi connectivity index (χ1) is 8.08. The fourth-order valence-electron chi connectivity index (χ4n) is 1.47. The average molecular weight is 313 g/mol. The Morgan fingerprint density at radius 3 is 2.76 bits per heavy atom. The Kier molecular flexibility index (Phi) is 3.73. The van der Waals surface area contributed by atoms with E-state index in [0.29, 0.717) is 17.6 Å². The van der Waals surface area contributed by atoms with Crippen LogP contribution in [0.3, 0.4) is 0 Å². The van der Waals surface area contributed by atoms with Crippen LogP contribution in [0.25, 0.3) is 11.5 Å². The minimum atomic E-state index is 0.471. The Labute approximate surface area is 112 Å². The predicted octanol–water partition coefficient (Wildman–Crippen LogP) is 3.14. The first-order valence-corrected chi connectivity index (χ1v) is 7.02. The highest BCUT2D eigenvalue weighted by molar-refractivity contribution is 9.10. The highest BCUT2D eigenvalue weighted by Gasteiger charge is 2.13. The number of hydrogen-bond acceptors (Lipinski definition) is 5. The van der Waals surface area contributed by atoms with E-state index in [-0.39, 0.29) is 0 Å². The summed E-state index contributed by atoms with van der Waals surface area (Å²) in [7, 11) is 0. The van der Waals surface area contributed by atoms with Gasteiger partial charge in [-0.25, -0.2) is 15.0 Å². The Morgan fingerprint density at radius 1 is 1.41 bits per heavy atom. The molecule has 0 aliphatic heterocycles. The first kappa shape index (κ1) is 12.4. The molecule has 0 spiro atoms. The van der Waals surface area contributed by atoms with Crippen molar-refractivity contribution in [1.82, 2.24) is 15.0 Å². The second-order valence-electron chi connectivity index (χ2n) is 4.16. The molecule has 2 aromatic rings. The highest BCUT2D eigenvalue weighted by atomic mass is 79.9. The third-order valence-electron chi connectivity index (χ3n) is 2.21. The van der Waals surface area contributed by atoms with Gasteiger partial charge in [0.1, 0.15) is 11.5 Å². The standard InChI is InChI=1S/C11H13BrN4S/c1-6(2)3-7-9(12)10(13)16-11(15-7)8-4-17-5-14-8/h4-6H,3H2,1-2H3,(H2,13,15,16). The van der Waals surface area contributed by atoms with E-state index < -0.39 is 0 Å². The van der Waals surface area contributed by atoms with Crippen molar-refractivity contribution < 1.29 is 0 Å². The van der Waals surface area contributed by atoms with Gasteiger partial charge in [0.05, 0.1) is 15.7 Å². The molecule has 0 saturated heterocycles.